The summed E-state index contributed by atoms with van der Waals surface area (Å²) in [5.41, 5.74) is -0.734. The summed E-state index contributed by atoms with van der Waals surface area (Å²) in [6.45, 7) is 1.78. The summed E-state index contributed by atoms with van der Waals surface area (Å²) in [6.07, 6.45) is 6.87. The van der Waals surface area contributed by atoms with Gasteiger partial charge < -0.3 is 5.11 Å². The van der Waals surface area contributed by atoms with E-state index in [1.807, 2.05) is 6.08 Å². The SMILES string of the molecule is CCc1c(O)n(C2CC=CCC2)c(=O)[nH]c1=O. The summed E-state index contributed by atoms with van der Waals surface area (Å²) in [4.78, 5) is 25.5. The van der Waals surface area contributed by atoms with Gasteiger partial charge in [-0.15, -0.1) is 0 Å². The fraction of sp³-hybridized carbons (Fsp3) is 0.500. The molecule has 0 fully saturated rings. The van der Waals surface area contributed by atoms with Crippen LogP contribution in [0.3, 0.4) is 0 Å². The zero-order valence-corrected chi connectivity index (χ0v) is 9.77. The fourth-order valence-electron chi connectivity index (χ4n) is 2.25. The van der Waals surface area contributed by atoms with Crippen molar-refractivity contribution >= 4 is 0 Å². The molecular weight excluding hydrogens is 220 g/mol. The van der Waals surface area contributed by atoms with Crippen LogP contribution >= 0.6 is 0 Å². The Morgan fingerprint density at radius 1 is 1.47 bits per heavy atom. The molecule has 0 spiro atoms. The number of nitrogens with zero attached hydrogens (tertiary/aromatic N) is 1. The van der Waals surface area contributed by atoms with Gasteiger partial charge in [0.15, 0.2) is 0 Å². The summed E-state index contributed by atoms with van der Waals surface area (Å²) in [6, 6.07) is -0.0605. The van der Waals surface area contributed by atoms with Crippen LogP contribution in [0, 0.1) is 0 Å². The van der Waals surface area contributed by atoms with Crippen molar-refractivity contribution in [3.05, 3.63) is 38.6 Å². The monoisotopic (exact) mass is 236 g/mol. The molecule has 1 heterocycles. The molecule has 17 heavy (non-hydrogen) atoms. The number of allylic oxidation sites excluding steroid dienone is 2. The van der Waals surface area contributed by atoms with Crippen LogP contribution in [0.25, 0.3) is 0 Å². The molecule has 1 aliphatic rings. The highest BCUT2D eigenvalue weighted by molar-refractivity contribution is 5.23. The molecule has 1 aromatic rings. The predicted octanol–water partition coefficient (Wildman–Crippen LogP) is 1.09. The predicted molar refractivity (Wildman–Crippen MR) is 64.4 cm³/mol. The van der Waals surface area contributed by atoms with E-state index in [0.717, 1.165) is 12.8 Å². The molecule has 0 aromatic carbocycles. The molecule has 1 atom stereocenters. The van der Waals surface area contributed by atoms with E-state index in [4.69, 9.17) is 0 Å². The smallest absolute Gasteiger partial charge is 0.331 e. The first-order chi connectivity index (χ1) is 8.15. The number of aromatic hydroxyl groups is 1. The van der Waals surface area contributed by atoms with E-state index in [1.165, 1.54) is 4.57 Å². The third-order valence-corrected chi connectivity index (χ3v) is 3.17. The van der Waals surface area contributed by atoms with Crippen molar-refractivity contribution in [1.29, 1.82) is 0 Å². The summed E-state index contributed by atoms with van der Waals surface area (Å²) < 4.78 is 1.31. The standard InChI is InChI=1S/C12H16N2O3/c1-2-9-10(15)13-12(17)14(11(9)16)8-6-4-3-5-7-8/h3-4,8,16H,2,5-7H2,1H3,(H,13,15,17). The van der Waals surface area contributed by atoms with Gasteiger partial charge in [0.2, 0.25) is 5.88 Å². The number of rotatable bonds is 2. The average molecular weight is 236 g/mol. The minimum Gasteiger partial charge on any atom is -0.494 e. The number of hydrogen-bond acceptors (Lipinski definition) is 3. The Hall–Kier alpha value is -1.78. The zero-order valence-electron chi connectivity index (χ0n) is 9.77. The van der Waals surface area contributed by atoms with E-state index in [2.05, 4.69) is 11.1 Å². The lowest BCUT2D eigenvalue weighted by Gasteiger charge is -2.22. The Kier molecular flexibility index (Phi) is 3.17. The second-order valence-electron chi connectivity index (χ2n) is 4.22. The van der Waals surface area contributed by atoms with Crippen molar-refractivity contribution in [3.8, 4) is 5.88 Å². The van der Waals surface area contributed by atoms with Gasteiger partial charge in [0.1, 0.15) is 0 Å². The normalized spacial score (nSPS) is 19.5. The molecular formula is C12H16N2O3. The molecule has 5 heteroatoms. The Morgan fingerprint density at radius 2 is 2.24 bits per heavy atom. The van der Waals surface area contributed by atoms with Crippen LogP contribution in [0.1, 0.15) is 37.8 Å². The number of aromatic amines is 1. The van der Waals surface area contributed by atoms with E-state index >= 15 is 0 Å². The number of aromatic nitrogens is 2. The highest BCUT2D eigenvalue weighted by Crippen LogP contribution is 2.26. The van der Waals surface area contributed by atoms with Crippen LogP contribution in [-0.2, 0) is 6.42 Å². The van der Waals surface area contributed by atoms with Gasteiger partial charge in [0, 0.05) is 6.04 Å². The van der Waals surface area contributed by atoms with Crippen molar-refractivity contribution in [3.63, 3.8) is 0 Å². The van der Waals surface area contributed by atoms with E-state index in [9.17, 15) is 14.7 Å². The third-order valence-electron chi connectivity index (χ3n) is 3.17. The van der Waals surface area contributed by atoms with Gasteiger partial charge >= 0.3 is 5.69 Å². The zero-order chi connectivity index (χ0) is 12.4. The number of H-pyrrole nitrogens is 1. The van der Waals surface area contributed by atoms with Crippen molar-refractivity contribution in [2.75, 3.05) is 0 Å². The molecule has 0 bridgehead atoms. The van der Waals surface area contributed by atoms with E-state index in [0.29, 0.717) is 12.8 Å². The molecule has 1 unspecified atom stereocenters. The van der Waals surface area contributed by atoms with Gasteiger partial charge in [-0.1, -0.05) is 19.1 Å². The van der Waals surface area contributed by atoms with Crippen LogP contribution in [0.15, 0.2) is 21.7 Å². The molecule has 1 aromatic heterocycles. The quantitative estimate of drug-likeness (QED) is 0.755. The molecule has 0 saturated carbocycles. The topological polar surface area (TPSA) is 75.1 Å². The van der Waals surface area contributed by atoms with Crippen molar-refractivity contribution < 1.29 is 5.11 Å². The lowest BCUT2D eigenvalue weighted by Crippen LogP contribution is -2.34. The third kappa shape index (κ3) is 2.05. The molecule has 0 saturated heterocycles. The first-order valence-electron chi connectivity index (χ1n) is 5.86. The van der Waals surface area contributed by atoms with Gasteiger partial charge in [-0.2, -0.15) is 0 Å². The Bertz CT molecular complexity index is 554. The summed E-state index contributed by atoms with van der Waals surface area (Å²) in [5, 5.41) is 10.0. The molecule has 5 nitrogen and oxygen atoms in total. The minimum atomic E-state index is -0.523. The number of nitrogens with one attached hydrogen (secondary N) is 1. The maximum absolute atomic E-state index is 11.8. The van der Waals surface area contributed by atoms with Crippen LogP contribution < -0.4 is 11.2 Å². The average Bonchev–Trinajstić information content (AvgIpc) is 2.30. The molecule has 0 amide bonds. The lowest BCUT2D eigenvalue weighted by atomic mass is 10.0. The van der Waals surface area contributed by atoms with Crippen LogP contribution in [0.2, 0.25) is 0 Å². The summed E-state index contributed by atoms with van der Waals surface area (Å²) in [5.74, 6) is -0.179. The molecule has 0 aliphatic heterocycles. The van der Waals surface area contributed by atoms with Crippen LogP contribution in [0.5, 0.6) is 5.88 Å². The van der Waals surface area contributed by atoms with Crippen molar-refractivity contribution in [1.82, 2.24) is 9.55 Å². The summed E-state index contributed by atoms with van der Waals surface area (Å²) >= 11 is 0. The lowest BCUT2D eigenvalue weighted by molar-refractivity contribution is 0.341. The molecule has 92 valence electrons. The van der Waals surface area contributed by atoms with Gasteiger partial charge in [0.05, 0.1) is 5.56 Å². The highest BCUT2D eigenvalue weighted by atomic mass is 16.3. The largest absolute Gasteiger partial charge is 0.494 e. The maximum atomic E-state index is 11.8. The second kappa shape index (κ2) is 4.61. The van der Waals surface area contributed by atoms with Crippen molar-refractivity contribution in [2.45, 2.75) is 38.6 Å². The van der Waals surface area contributed by atoms with Gasteiger partial charge in [-0.3, -0.25) is 14.3 Å². The Balaban J connectivity index is 2.57. The Morgan fingerprint density at radius 3 is 2.82 bits per heavy atom. The number of hydrogen-bond donors (Lipinski definition) is 2. The summed E-state index contributed by atoms with van der Waals surface area (Å²) in [7, 11) is 0. The van der Waals surface area contributed by atoms with Gasteiger partial charge in [-0.25, -0.2) is 4.79 Å². The highest BCUT2D eigenvalue weighted by Gasteiger charge is 2.20. The van der Waals surface area contributed by atoms with E-state index < -0.39 is 11.2 Å². The molecule has 1 aliphatic carbocycles. The minimum absolute atomic E-state index is 0.0605. The second-order valence-corrected chi connectivity index (χ2v) is 4.22. The molecule has 2 rings (SSSR count). The van der Waals surface area contributed by atoms with Crippen LogP contribution in [0.4, 0.5) is 0 Å². The van der Waals surface area contributed by atoms with Gasteiger partial charge in [-0.05, 0) is 25.7 Å². The molecule has 0 radical (unpaired) electrons. The van der Waals surface area contributed by atoms with E-state index in [1.54, 1.807) is 6.92 Å². The fourth-order valence-corrected chi connectivity index (χ4v) is 2.25. The first kappa shape index (κ1) is 11.7. The van der Waals surface area contributed by atoms with Crippen LogP contribution in [-0.4, -0.2) is 14.7 Å². The van der Waals surface area contributed by atoms with Crippen molar-refractivity contribution in [2.24, 2.45) is 0 Å². The van der Waals surface area contributed by atoms with E-state index in [-0.39, 0.29) is 17.5 Å². The van der Waals surface area contributed by atoms with Gasteiger partial charge in [0.25, 0.3) is 5.56 Å². The maximum Gasteiger partial charge on any atom is 0.331 e. The first-order valence-corrected chi connectivity index (χ1v) is 5.86. The Labute approximate surface area is 98.4 Å². The molecule has 2 N–H and O–H groups in total.